The molecule has 0 radical (unpaired) electrons. The molecule has 5 heteroatoms. The standard InChI is InChI=1S/C14H25NO4/c1-11(2)14(3,4)12(16)18-10-19-13(17)15-8-6-5-7-9-15/h11H,5-10H2,1-4H3. The van der Waals surface area contributed by atoms with E-state index in [0.717, 1.165) is 32.4 Å². The Morgan fingerprint density at radius 2 is 1.68 bits per heavy atom. The average Bonchev–Trinajstić information content (AvgIpc) is 2.39. The van der Waals surface area contributed by atoms with Crippen molar-refractivity contribution in [2.24, 2.45) is 11.3 Å². The highest BCUT2D eigenvalue weighted by Gasteiger charge is 2.33. The quantitative estimate of drug-likeness (QED) is 0.583. The molecule has 19 heavy (non-hydrogen) atoms. The van der Waals surface area contributed by atoms with E-state index < -0.39 is 11.5 Å². The van der Waals surface area contributed by atoms with E-state index in [9.17, 15) is 9.59 Å². The zero-order valence-corrected chi connectivity index (χ0v) is 12.4. The van der Waals surface area contributed by atoms with Crippen LogP contribution >= 0.6 is 0 Å². The summed E-state index contributed by atoms with van der Waals surface area (Å²) >= 11 is 0. The first kappa shape index (κ1) is 15.8. The van der Waals surface area contributed by atoms with Gasteiger partial charge in [0.15, 0.2) is 0 Å². The van der Waals surface area contributed by atoms with E-state index >= 15 is 0 Å². The molecule has 5 nitrogen and oxygen atoms in total. The number of amides is 1. The number of likely N-dealkylation sites (tertiary alicyclic amines) is 1. The number of piperidine rings is 1. The van der Waals surface area contributed by atoms with Crippen molar-refractivity contribution in [3.8, 4) is 0 Å². The highest BCUT2D eigenvalue weighted by molar-refractivity contribution is 5.76. The van der Waals surface area contributed by atoms with Crippen LogP contribution in [0.3, 0.4) is 0 Å². The third kappa shape index (κ3) is 4.40. The summed E-state index contributed by atoms with van der Waals surface area (Å²) in [4.78, 5) is 25.2. The Morgan fingerprint density at radius 3 is 2.21 bits per heavy atom. The third-order valence-corrected chi connectivity index (χ3v) is 3.96. The van der Waals surface area contributed by atoms with E-state index in [0.29, 0.717) is 0 Å². The molecule has 1 fully saturated rings. The second-order valence-electron chi connectivity index (χ2n) is 5.88. The second kappa shape index (κ2) is 6.78. The highest BCUT2D eigenvalue weighted by atomic mass is 16.7. The predicted octanol–water partition coefficient (Wildman–Crippen LogP) is 2.79. The number of carbonyl (C=O) groups is 2. The first-order valence-corrected chi connectivity index (χ1v) is 6.94. The molecule has 0 aromatic heterocycles. The van der Waals surface area contributed by atoms with E-state index in [2.05, 4.69) is 0 Å². The minimum Gasteiger partial charge on any atom is -0.427 e. The van der Waals surface area contributed by atoms with Gasteiger partial charge in [-0.2, -0.15) is 0 Å². The van der Waals surface area contributed by atoms with Gasteiger partial charge in [-0.1, -0.05) is 13.8 Å². The first-order chi connectivity index (χ1) is 8.85. The molecule has 0 aliphatic carbocycles. The second-order valence-corrected chi connectivity index (χ2v) is 5.88. The Morgan fingerprint density at radius 1 is 1.11 bits per heavy atom. The maximum Gasteiger partial charge on any atom is 0.412 e. The van der Waals surface area contributed by atoms with Crippen molar-refractivity contribution in [2.45, 2.75) is 47.0 Å². The van der Waals surface area contributed by atoms with Crippen LogP contribution in [0, 0.1) is 11.3 Å². The molecule has 0 spiro atoms. The number of hydrogen-bond donors (Lipinski definition) is 0. The molecule has 1 aliphatic rings. The minimum absolute atomic E-state index is 0.165. The van der Waals surface area contributed by atoms with Gasteiger partial charge in [-0.05, 0) is 39.0 Å². The van der Waals surface area contributed by atoms with Crippen molar-refractivity contribution in [1.82, 2.24) is 4.90 Å². The Labute approximate surface area is 115 Å². The number of hydrogen-bond acceptors (Lipinski definition) is 4. The number of carbonyl (C=O) groups excluding carboxylic acids is 2. The topological polar surface area (TPSA) is 55.8 Å². The number of rotatable bonds is 4. The number of ether oxygens (including phenoxy) is 2. The van der Waals surface area contributed by atoms with Gasteiger partial charge in [0.1, 0.15) is 0 Å². The zero-order chi connectivity index (χ0) is 14.5. The Bertz CT molecular complexity index is 319. The molecule has 0 unspecified atom stereocenters. The van der Waals surface area contributed by atoms with Crippen molar-refractivity contribution in [2.75, 3.05) is 19.9 Å². The largest absolute Gasteiger partial charge is 0.427 e. The maximum atomic E-state index is 11.8. The highest BCUT2D eigenvalue weighted by Crippen LogP contribution is 2.27. The van der Waals surface area contributed by atoms with E-state index in [1.165, 1.54) is 0 Å². The normalized spacial score (nSPS) is 16.4. The summed E-state index contributed by atoms with van der Waals surface area (Å²) in [6, 6.07) is 0. The Hall–Kier alpha value is -1.26. The molecule has 0 saturated carbocycles. The van der Waals surface area contributed by atoms with Crippen LogP contribution in [0.5, 0.6) is 0 Å². The van der Waals surface area contributed by atoms with Crippen LogP contribution in [-0.4, -0.2) is 36.8 Å². The molecule has 0 aromatic rings. The third-order valence-electron chi connectivity index (χ3n) is 3.96. The van der Waals surface area contributed by atoms with Crippen molar-refractivity contribution < 1.29 is 19.1 Å². The monoisotopic (exact) mass is 271 g/mol. The van der Waals surface area contributed by atoms with Crippen LogP contribution in [0.2, 0.25) is 0 Å². The molecule has 110 valence electrons. The molecule has 1 saturated heterocycles. The van der Waals surface area contributed by atoms with Crippen LogP contribution in [0.1, 0.15) is 47.0 Å². The first-order valence-electron chi connectivity index (χ1n) is 6.94. The summed E-state index contributed by atoms with van der Waals surface area (Å²) in [7, 11) is 0. The Balaban J connectivity index is 2.30. The molecule has 1 rings (SSSR count). The molecule has 1 amide bonds. The molecule has 0 atom stereocenters. The van der Waals surface area contributed by atoms with Gasteiger partial charge >= 0.3 is 12.1 Å². The lowest BCUT2D eigenvalue weighted by Gasteiger charge is -2.28. The lowest BCUT2D eigenvalue weighted by Crippen LogP contribution is -2.37. The summed E-state index contributed by atoms with van der Waals surface area (Å²) < 4.78 is 9.99. The van der Waals surface area contributed by atoms with Crippen LogP contribution in [-0.2, 0) is 14.3 Å². The van der Waals surface area contributed by atoms with E-state index in [-0.39, 0.29) is 18.7 Å². The fraction of sp³-hybridized carbons (Fsp3) is 0.857. The van der Waals surface area contributed by atoms with E-state index in [4.69, 9.17) is 9.47 Å². The number of nitrogens with zero attached hydrogens (tertiary/aromatic N) is 1. The molecular formula is C14H25NO4. The molecular weight excluding hydrogens is 246 g/mol. The van der Waals surface area contributed by atoms with Crippen LogP contribution < -0.4 is 0 Å². The van der Waals surface area contributed by atoms with Crippen molar-refractivity contribution in [1.29, 1.82) is 0 Å². The van der Waals surface area contributed by atoms with E-state index in [1.54, 1.807) is 4.90 Å². The van der Waals surface area contributed by atoms with Gasteiger partial charge in [0.05, 0.1) is 5.41 Å². The molecule has 0 aromatic carbocycles. The predicted molar refractivity (Wildman–Crippen MR) is 71.5 cm³/mol. The smallest absolute Gasteiger partial charge is 0.412 e. The van der Waals surface area contributed by atoms with Gasteiger partial charge < -0.3 is 14.4 Å². The lowest BCUT2D eigenvalue weighted by molar-refractivity contribution is -0.165. The van der Waals surface area contributed by atoms with Gasteiger partial charge in [-0.3, -0.25) is 4.79 Å². The van der Waals surface area contributed by atoms with Crippen molar-refractivity contribution in [3.05, 3.63) is 0 Å². The van der Waals surface area contributed by atoms with Gasteiger partial charge in [0, 0.05) is 13.1 Å². The van der Waals surface area contributed by atoms with Crippen LogP contribution in [0.25, 0.3) is 0 Å². The maximum absolute atomic E-state index is 11.8. The summed E-state index contributed by atoms with van der Waals surface area (Å²) in [6.45, 7) is 8.72. The lowest BCUT2D eigenvalue weighted by atomic mass is 9.81. The number of esters is 1. The van der Waals surface area contributed by atoms with Crippen LogP contribution in [0.15, 0.2) is 0 Å². The van der Waals surface area contributed by atoms with Gasteiger partial charge in [0.2, 0.25) is 6.79 Å². The van der Waals surface area contributed by atoms with E-state index in [1.807, 2.05) is 27.7 Å². The van der Waals surface area contributed by atoms with Crippen molar-refractivity contribution in [3.63, 3.8) is 0 Å². The Kier molecular flexibility index (Phi) is 5.63. The molecule has 1 heterocycles. The molecule has 0 bridgehead atoms. The van der Waals surface area contributed by atoms with Crippen LogP contribution in [0.4, 0.5) is 4.79 Å². The fourth-order valence-electron chi connectivity index (χ4n) is 1.72. The molecule has 0 N–H and O–H groups in total. The summed E-state index contributed by atoms with van der Waals surface area (Å²) in [5.41, 5.74) is -0.572. The van der Waals surface area contributed by atoms with Gasteiger partial charge in [0.25, 0.3) is 0 Å². The summed E-state index contributed by atoms with van der Waals surface area (Å²) in [5.74, 6) is -0.174. The van der Waals surface area contributed by atoms with Crippen molar-refractivity contribution >= 4 is 12.1 Å². The van der Waals surface area contributed by atoms with Gasteiger partial charge in [-0.15, -0.1) is 0 Å². The zero-order valence-electron chi connectivity index (χ0n) is 12.4. The molecule has 1 aliphatic heterocycles. The van der Waals surface area contributed by atoms with Gasteiger partial charge in [-0.25, -0.2) is 4.79 Å². The minimum atomic E-state index is -0.572. The SMILES string of the molecule is CC(C)C(C)(C)C(=O)OCOC(=O)N1CCCCC1. The average molecular weight is 271 g/mol. The summed E-state index contributed by atoms with van der Waals surface area (Å²) in [6.07, 6.45) is 2.78. The fourth-order valence-corrected chi connectivity index (χ4v) is 1.72. The summed E-state index contributed by atoms with van der Waals surface area (Å²) in [5, 5.41) is 0.